The van der Waals surface area contributed by atoms with E-state index >= 15 is 0 Å². The fraction of sp³-hybridized carbons (Fsp3) is 0.385. The van der Waals surface area contributed by atoms with Crippen molar-refractivity contribution < 1.29 is 10.0 Å². The third-order valence-electron chi connectivity index (χ3n) is 2.80. The molecule has 104 valence electrons. The average molecular weight is 328 g/mol. The van der Waals surface area contributed by atoms with Gasteiger partial charge in [-0.3, -0.25) is 4.79 Å². The van der Waals surface area contributed by atoms with Gasteiger partial charge in [0.15, 0.2) is 5.84 Å². The Balaban J connectivity index is 2.90. The van der Waals surface area contributed by atoms with Crippen LogP contribution in [-0.2, 0) is 0 Å². The quantitative estimate of drug-likeness (QED) is 0.336. The van der Waals surface area contributed by atoms with E-state index in [-0.39, 0.29) is 11.7 Å². The second-order valence-corrected chi connectivity index (χ2v) is 5.21. The zero-order valence-electron chi connectivity index (χ0n) is 11.0. The van der Waals surface area contributed by atoms with Gasteiger partial charge < -0.3 is 16.3 Å². The van der Waals surface area contributed by atoms with Crippen LogP contribution in [0.15, 0.2) is 27.8 Å². The molecule has 0 saturated heterocycles. The van der Waals surface area contributed by atoms with Gasteiger partial charge in [0.05, 0.1) is 6.04 Å². The molecule has 4 N–H and O–H groups in total. The van der Waals surface area contributed by atoms with E-state index in [2.05, 4.69) is 26.4 Å². The Labute approximate surface area is 121 Å². The van der Waals surface area contributed by atoms with Gasteiger partial charge in [-0.1, -0.05) is 40.5 Å². The zero-order chi connectivity index (χ0) is 14.4. The summed E-state index contributed by atoms with van der Waals surface area (Å²) < 4.78 is 0.832. The Morgan fingerprint density at radius 3 is 2.84 bits per heavy atom. The van der Waals surface area contributed by atoms with Crippen molar-refractivity contribution in [1.29, 1.82) is 0 Å². The summed E-state index contributed by atoms with van der Waals surface area (Å²) in [6, 6.07) is 5.03. The highest BCUT2D eigenvalue weighted by atomic mass is 79.9. The number of carbonyl (C=O) groups is 1. The van der Waals surface area contributed by atoms with Crippen molar-refractivity contribution in [2.75, 3.05) is 0 Å². The summed E-state index contributed by atoms with van der Waals surface area (Å²) in [6.45, 7) is 3.83. The van der Waals surface area contributed by atoms with Crippen molar-refractivity contribution in [3.63, 3.8) is 0 Å². The molecule has 0 spiro atoms. The van der Waals surface area contributed by atoms with Gasteiger partial charge in [0.1, 0.15) is 0 Å². The fourth-order valence-corrected chi connectivity index (χ4v) is 2.09. The van der Waals surface area contributed by atoms with Gasteiger partial charge >= 0.3 is 0 Å². The summed E-state index contributed by atoms with van der Waals surface area (Å²) in [5.74, 6) is -0.216. The van der Waals surface area contributed by atoms with Crippen LogP contribution in [0.3, 0.4) is 0 Å². The topological polar surface area (TPSA) is 87.7 Å². The smallest absolute Gasteiger partial charge is 0.252 e. The Bertz CT molecular complexity index is 489. The summed E-state index contributed by atoms with van der Waals surface area (Å²) >= 11 is 3.34. The van der Waals surface area contributed by atoms with Crippen LogP contribution in [-0.4, -0.2) is 23.0 Å². The number of aryl methyl sites for hydroxylation is 1. The molecule has 1 aromatic carbocycles. The first kappa shape index (κ1) is 15.5. The number of nitrogens with two attached hydrogens (primary N) is 1. The van der Waals surface area contributed by atoms with E-state index in [9.17, 15) is 4.79 Å². The molecule has 0 aliphatic rings. The molecule has 1 aromatic rings. The van der Waals surface area contributed by atoms with Crippen molar-refractivity contribution in [2.24, 2.45) is 10.9 Å². The molecule has 1 unspecified atom stereocenters. The van der Waals surface area contributed by atoms with E-state index in [1.807, 2.05) is 26.0 Å². The van der Waals surface area contributed by atoms with E-state index in [0.29, 0.717) is 12.0 Å². The number of rotatable bonds is 5. The lowest BCUT2D eigenvalue weighted by molar-refractivity contribution is 0.0944. The zero-order valence-corrected chi connectivity index (χ0v) is 12.6. The molecule has 0 aliphatic carbocycles. The molecule has 0 heterocycles. The van der Waals surface area contributed by atoms with Gasteiger partial charge in [0.25, 0.3) is 5.91 Å². The number of nitrogens with one attached hydrogen (secondary N) is 1. The first-order valence-electron chi connectivity index (χ1n) is 6.04. The summed E-state index contributed by atoms with van der Waals surface area (Å²) in [4.78, 5) is 12.2. The molecular formula is C13H18BrN3O2. The molecule has 1 amide bonds. The van der Waals surface area contributed by atoms with Crippen molar-refractivity contribution in [3.8, 4) is 0 Å². The molecule has 0 bridgehead atoms. The first-order chi connectivity index (χ1) is 8.99. The third kappa shape index (κ3) is 4.24. The minimum Gasteiger partial charge on any atom is -0.409 e. The van der Waals surface area contributed by atoms with Crippen molar-refractivity contribution in [1.82, 2.24) is 5.32 Å². The maximum absolute atomic E-state index is 12.2. The maximum atomic E-state index is 12.2. The van der Waals surface area contributed by atoms with Crippen LogP contribution in [0.2, 0.25) is 0 Å². The largest absolute Gasteiger partial charge is 0.409 e. The van der Waals surface area contributed by atoms with Crippen LogP contribution >= 0.6 is 15.9 Å². The van der Waals surface area contributed by atoms with Crippen LogP contribution in [0, 0.1) is 6.92 Å². The van der Waals surface area contributed by atoms with Gasteiger partial charge in [-0.25, -0.2) is 0 Å². The fourth-order valence-electron chi connectivity index (χ4n) is 1.73. The molecular weight excluding hydrogens is 310 g/mol. The molecule has 6 heteroatoms. The van der Waals surface area contributed by atoms with Gasteiger partial charge in [-0.05, 0) is 31.0 Å². The molecule has 5 nitrogen and oxygen atoms in total. The van der Waals surface area contributed by atoms with Gasteiger partial charge in [0, 0.05) is 10.0 Å². The van der Waals surface area contributed by atoms with Gasteiger partial charge in [0.2, 0.25) is 0 Å². The van der Waals surface area contributed by atoms with Crippen molar-refractivity contribution >= 4 is 27.7 Å². The molecule has 0 saturated carbocycles. The van der Waals surface area contributed by atoms with E-state index < -0.39 is 6.04 Å². The second-order valence-electron chi connectivity index (χ2n) is 4.30. The van der Waals surface area contributed by atoms with Crippen molar-refractivity contribution in [3.05, 3.63) is 33.8 Å². The van der Waals surface area contributed by atoms with E-state index in [1.165, 1.54) is 0 Å². The van der Waals surface area contributed by atoms with Crippen LogP contribution in [0.1, 0.15) is 35.7 Å². The Hall–Kier alpha value is -1.56. The number of carbonyl (C=O) groups excluding carboxylic acids is 1. The van der Waals surface area contributed by atoms with E-state index in [4.69, 9.17) is 10.9 Å². The van der Waals surface area contributed by atoms with Gasteiger partial charge in [-0.15, -0.1) is 0 Å². The lowest BCUT2D eigenvalue weighted by atomic mass is 10.1. The lowest BCUT2D eigenvalue weighted by Crippen LogP contribution is -2.44. The lowest BCUT2D eigenvalue weighted by Gasteiger charge is -2.17. The predicted octanol–water partition coefficient (Wildman–Crippen LogP) is 2.40. The van der Waals surface area contributed by atoms with Crippen LogP contribution in [0.25, 0.3) is 0 Å². The number of hydrogen-bond donors (Lipinski definition) is 3. The summed E-state index contributed by atoms with van der Waals surface area (Å²) in [6.07, 6.45) is 1.44. The summed E-state index contributed by atoms with van der Waals surface area (Å²) in [5, 5.41) is 14.5. The highest BCUT2D eigenvalue weighted by molar-refractivity contribution is 9.10. The first-order valence-corrected chi connectivity index (χ1v) is 6.83. The Morgan fingerprint density at radius 2 is 2.26 bits per heavy atom. The predicted molar refractivity (Wildman–Crippen MR) is 78.5 cm³/mol. The molecule has 0 aromatic heterocycles. The number of amides is 1. The Kier molecular flexibility index (Phi) is 5.82. The Morgan fingerprint density at radius 1 is 1.58 bits per heavy atom. The van der Waals surface area contributed by atoms with E-state index in [0.717, 1.165) is 16.5 Å². The number of oxime groups is 1. The highest BCUT2D eigenvalue weighted by Gasteiger charge is 2.18. The highest BCUT2D eigenvalue weighted by Crippen LogP contribution is 2.16. The van der Waals surface area contributed by atoms with Crippen LogP contribution < -0.4 is 11.1 Å². The van der Waals surface area contributed by atoms with Crippen molar-refractivity contribution in [2.45, 2.75) is 32.7 Å². The van der Waals surface area contributed by atoms with Crippen LogP contribution in [0.5, 0.6) is 0 Å². The molecule has 1 rings (SSSR count). The maximum Gasteiger partial charge on any atom is 0.252 e. The number of amidine groups is 1. The minimum absolute atomic E-state index is 0.0165. The van der Waals surface area contributed by atoms with Crippen LogP contribution in [0.4, 0.5) is 0 Å². The SMILES string of the molecule is CCCC(NC(=O)c1cc(Br)ccc1C)C(N)=NO. The summed E-state index contributed by atoms with van der Waals surface area (Å²) in [5.41, 5.74) is 7.01. The number of nitrogens with zero attached hydrogens (tertiary/aromatic N) is 1. The molecule has 0 radical (unpaired) electrons. The molecule has 0 fully saturated rings. The molecule has 0 aliphatic heterocycles. The molecule has 19 heavy (non-hydrogen) atoms. The average Bonchev–Trinajstić information content (AvgIpc) is 2.40. The van der Waals surface area contributed by atoms with Gasteiger partial charge in [-0.2, -0.15) is 0 Å². The van der Waals surface area contributed by atoms with E-state index in [1.54, 1.807) is 6.07 Å². The number of halogens is 1. The third-order valence-corrected chi connectivity index (χ3v) is 3.29. The standard InChI is InChI=1S/C13H18BrN3O2/c1-3-4-11(12(15)17-19)16-13(18)10-7-9(14)6-5-8(10)2/h5-7,11,19H,3-4H2,1-2H3,(H2,15,17)(H,16,18). The minimum atomic E-state index is -0.458. The number of hydrogen-bond acceptors (Lipinski definition) is 3. The number of benzene rings is 1. The normalized spacial score (nSPS) is 13.1. The molecule has 1 atom stereocenters. The summed E-state index contributed by atoms with van der Waals surface area (Å²) in [7, 11) is 0. The monoisotopic (exact) mass is 327 g/mol. The second kappa shape index (κ2) is 7.13.